The summed E-state index contributed by atoms with van der Waals surface area (Å²) in [4.78, 5) is 0. The third-order valence-electron chi connectivity index (χ3n) is 3.39. The van der Waals surface area contributed by atoms with Gasteiger partial charge in [0.25, 0.3) is 0 Å². The van der Waals surface area contributed by atoms with Crippen LogP contribution >= 0.6 is 0 Å². The van der Waals surface area contributed by atoms with Crippen LogP contribution in [0, 0.1) is 0 Å². The first-order valence-electron chi connectivity index (χ1n) is 7.59. The molecule has 0 fully saturated rings. The van der Waals surface area contributed by atoms with Gasteiger partial charge < -0.3 is 0 Å². The van der Waals surface area contributed by atoms with E-state index in [2.05, 4.69) is 81.1 Å². The molecule has 0 radical (unpaired) electrons. The molecule has 0 aromatic heterocycles. The zero-order chi connectivity index (χ0) is 14.3. The molecule has 0 saturated carbocycles. The van der Waals surface area contributed by atoms with E-state index in [9.17, 15) is 0 Å². The molecule has 1 nitrogen and oxygen atoms in total. The van der Waals surface area contributed by atoms with Crippen LogP contribution in [0.3, 0.4) is 0 Å². The van der Waals surface area contributed by atoms with Crippen molar-refractivity contribution >= 4 is 23.4 Å². The predicted molar refractivity (Wildman–Crippen MR) is 87.4 cm³/mol. The fourth-order valence-corrected chi connectivity index (χ4v) is 2.32. The molecule has 0 aliphatic rings. The van der Waals surface area contributed by atoms with Crippen molar-refractivity contribution in [1.29, 1.82) is 0 Å². The van der Waals surface area contributed by atoms with E-state index in [0.29, 0.717) is 11.8 Å². The maximum absolute atomic E-state index is 3.65. The zero-order valence-electron chi connectivity index (χ0n) is 13.2. The molecule has 19 heavy (non-hydrogen) atoms. The van der Waals surface area contributed by atoms with Crippen LogP contribution in [0.5, 0.6) is 0 Å². The predicted octanol–water partition coefficient (Wildman–Crippen LogP) is 4.88. The van der Waals surface area contributed by atoms with Gasteiger partial charge in [-0.25, -0.2) is 0 Å². The van der Waals surface area contributed by atoms with Crippen molar-refractivity contribution in [2.75, 3.05) is 11.9 Å². The van der Waals surface area contributed by atoms with Crippen LogP contribution in [-0.2, 0) is 0 Å². The molecule has 0 saturated heterocycles. The van der Waals surface area contributed by atoms with Crippen LogP contribution in [0.1, 0.15) is 57.1 Å². The summed E-state index contributed by atoms with van der Waals surface area (Å²) in [5.74, 6) is 1.12. The normalized spacial score (nSPS) is 11.8. The first-order valence-corrected chi connectivity index (χ1v) is 7.59. The van der Waals surface area contributed by atoms with E-state index in [1.807, 2.05) is 0 Å². The molecular weight excluding hydrogens is 225 g/mol. The van der Waals surface area contributed by atoms with Crippen LogP contribution < -0.4 is 5.32 Å². The van der Waals surface area contributed by atoms with Crippen LogP contribution in [0.4, 0.5) is 5.69 Å². The summed E-state index contributed by atoms with van der Waals surface area (Å²) in [6.45, 7) is 10.1. The zero-order valence-corrected chi connectivity index (χ0v) is 13.2. The van der Waals surface area contributed by atoms with Crippen molar-refractivity contribution in [3.8, 4) is 0 Å². The first-order chi connectivity index (χ1) is 9.07. The van der Waals surface area contributed by atoms with E-state index >= 15 is 0 Å². The Morgan fingerprint density at radius 2 is 1.63 bits per heavy atom. The van der Waals surface area contributed by atoms with Gasteiger partial charge in [0.15, 0.2) is 0 Å². The Morgan fingerprint density at radius 3 is 2.11 bits per heavy atom. The van der Waals surface area contributed by atoms with Gasteiger partial charge in [0, 0.05) is 0 Å². The van der Waals surface area contributed by atoms with Crippen molar-refractivity contribution in [3.05, 3.63) is 41.5 Å². The standard InChI is InChI=1S/C17H26N.Li/c1-6-7-8-12-18-17-15(13(2)3)10-9-11-16(17)14(4)5;/h6-7,9-11,13-14,18H,1,8,12H2,2-5H3;. The second-order valence-corrected chi connectivity index (χ2v) is 5.72. The third kappa shape index (κ3) is 5.09. The van der Waals surface area contributed by atoms with Crippen molar-refractivity contribution in [3.63, 3.8) is 0 Å². The molecule has 0 bridgehead atoms. The van der Waals surface area contributed by atoms with Crippen LogP contribution in [0.25, 0.3) is 0 Å². The molecule has 1 rings (SSSR count). The number of rotatable bonds is 7. The summed E-state index contributed by atoms with van der Waals surface area (Å²) in [5, 5.41) is 4.78. The van der Waals surface area contributed by atoms with Crippen molar-refractivity contribution in [2.45, 2.75) is 51.0 Å². The average molecular weight is 251 g/mol. The van der Waals surface area contributed by atoms with E-state index in [-0.39, 0.29) is 0 Å². The summed E-state index contributed by atoms with van der Waals surface area (Å²) in [7, 11) is 0. The van der Waals surface area contributed by atoms with Crippen molar-refractivity contribution in [2.24, 2.45) is 0 Å². The molecular formula is C17H26LiN. The fourth-order valence-electron chi connectivity index (χ4n) is 2.32. The number of para-hydroxylation sites is 1. The summed E-state index contributed by atoms with van der Waals surface area (Å²) in [5.41, 5.74) is 4.23. The van der Waals surface area contributed by atoms with Crippen LogP contribution in [0.2, 0.25) is 5.09 Å². The van der Waals surface area contributed by atoms with E-state index < -0.39 is 0 Å². The number of allylic oxidation sites excluding steroid dienone is 1. The van der Waals surface area contributed by atoms with E-state index in [1.165, 1.54) is 16.8 Å². The molecule has 2 heteroatoms. The minimum absolute atomic E-state index is 0.562. The van der Waals surface area contributed by atoms with Gasteiger partial charge in [-0.05, 0) is 0 Å². The Labute approximate surface area is 128 Å². The Kier molecular flexibility index (Phi) is 7.35. The molecule has 0 heterocycles. The Hall–Kier alpha value is -0.643. The minimum atomic E-state index is 0.562. The molecule has 0 unspecified atom stereocenters. The van der Waals surface area contributed by atoms with Gasteiger partial charge in [0.1, 0.15) is 0 Å². The van der Waals surface area contributed by atoms with Gasteiger partial charge in [-0.1, -0.05) is 0 Å². The Balaban J connectivity index is 2.85. The Bertz CT molecular complexity index is 381. The molecule has 0 amide bonds. The molecule has 0 aliphatic heterocycles. The second kappa shape index (κ2) is 8.51. The quantitative estimate of drug-likeness (QED) is 0.414. The topological polar surface area (TPSA) is 12.0 Å². The first kappa shape index (κ1) is 16.4. The summed E-state index contributed by atoms with van der Waals surface area (Å²) >= 11 is 2.18. The molecule has 100 valence electrons. The maximum atomic E-state index is 3.65. The Morgan fingerprint density at radius 1 is 1.05 bits per heavy atom. The number of anilines is 1. The van der Waals surface area contributed by atoms with Crippen LogP contribution in [0.15, 0.2) is 30.4 Å². The fraction of sp³-hybridized carbons (Fsp3) is 0.529. The summed E-state index contributed by atoms with van der Waals surface area (Å²) < 4.78 is 0. The molecule has 1 N–H and O–H groups in total. The summed E-state index contributed by atoms with van der Waals surface area (Å²) in [6.07, 6.45) is 5.59. The van der Waals surface area contributed by atoms with Gasteiger partial charge in [0.05, 0.1) is 0 Å². The van der Waals surface area contributed by atoms with Gasteiger partial charge >= 0.3 is 128 Å². The second-order valence-electron chi connectivity index (χ2n) is 5.72. The van der Waals surface area contributed by atoms with Crippen molar-refractivity contribution < 1.29 is 0 Å². The van der Waals surface area contributed by atoms with E-state index in [1.54, 1.807) is 0 Å². The average Bonchev–Trinajstić information content (AvgIpc) is 2.38. The monoisotopic (exact) mass is 251 g/mol. The van der Waals surface area contributed by atoms with Gasteiger partial charge in [-0.3, -0.25) is 0 Å². The van der Waals surface area contributed by atoms with E-state index in [0.717, 1.165) is 18.1 Å². The molecule has 1 aromatic carbocycles. The third-order valence-corrected chi connectivity index (χ3v) is 3.39. The number of hydrogen-bond donors (Lipinski definition) is 1. The van der Waals surface area contributed by atoms with Gasteiger partial charge in [0.2, 0.25) is 0 Å². The van der Waals surface area contributed by atoms with Crippen molar-refractivity contribution in [1.82, 2.24) is 0 Å². The van der Waals surface area contributed by atoms with Gasteiger partial charge in [-0.2, -0.15) is 0 Å². The summed E-state index contributed by atoms with van der Waals surface area (Å²) in [6, 6.07) is 6.69. The SMILES string of the molecule is [Li][CH2]C=CCCNc1c(C(C)C)cccc1C(C)C. The number of hydrogen-bond acceptors (Lipinski definition) is 1. The molecule has 1 aromatic rings. The molecule has 0 atom stereocenters. The molecule has 0 spiro atoms. The van der Waals surface area contributed by atoms with E-state index in [4.69, 9.17) is 0 Å². The number of nitrogens with one attached hydrogen (secondary N) is 1. The molecule has 0 aliphatic carbocycles. The van der Waals surface area contributed by atoms with Crippen LogP contribution in [-0.4, -0.2) is 24.3 Å². The number of benzene rings is 1. The van der Waals surface area contributed by atoms with Gasteiger partial charge in [-0.15, -0.1) is 0 Å².